The zero-order valence-corrected chi connectivity index (χ0v) is 14.8. The third-order valence-electron chi connectivity index (χ3n) is 4.34. The molecular formula is C18H18FN3O2S. The van der Waals surface area contributed by atoms with E-state index in [0.29, 0.717) is 30.5 Å². The number of benzene rings is 1. The van der Waals surface area contributed by atoms with E-state index in [0.717, 1.165) is 22.2 Å². The number of aromatic nitrogens is 2. The van der Waals surface area contributed by atoms with Crippen molar-refractivity contribution in [2.45, 2.75) is 26.4 Å². The lowest BCUT2D eigenvalue weighted by atomic mass is 10.2. The van der Waals surface area contributed by atoms with Crippen molar-refractivity contribution in [3.05, 3.63) is 40.8 Å². The number of hydrogen-bond donors (Lipinski definition) is 1. The van der Waals surface area contributed by atoms with E-state index in [4.69, 9.17) is 9.47 Å². The molecule has 25 heavy (non-hydrogen) atoms. The summed E-state index contributed by atoms with van der Waals surface area (Å²) in [5.74, 6) is 0.916. The van der Waals surface area contributed by atoms with Gasteiger partial charge in [-0.05, 0) is 31.5 Å². The summed E-state index contributed by atoms with van der Waals surface area (Å²) < 4.78 is 25.1. The molecule has 1 aromatic carbocycles. The highest BCUT2D eigenvalue weighted by Gasteiger charge is 2.20. The second-order valence-corrected chi connectivity index (χ2v) is 7.26. The van der Waals surface area contributed by atoms with Crippen LogP contribution in [0.25, 0.3) is 10.2 Å². The number of anilines is 2. The molecule has 0 bridgehead atoms. The predicted molar refractivity (Wildman–Crippen MR) is 96.4 cm³/mol. The third-order valence-corrected chi connectivity index (χ3v) is 5.46. The Morgan fingerprint density at radius 2 is 2.20 bits per heavy atom. The minimum absolute atomic E-state index is 0.0124. The first kappa shape index (κ1) is 16.2. The van der Waals surface area contributed by atoms with Gasteiger partial charge in [-0.25, -0.2) is 14.4 Å². The lowest BCUT2D eigenvalue weighted by molar-refractivity contribution is 0.142. The number of aryl methyl sites for hydroxylation is 2. The molecule has 0 saturated carbocycles. The van der Waals surface area contributed by atoms with Gasteiger partial charge in [0.05, 0.1) is 24.3 Å². The summed E-state index contributed by atoms with van der Waals surface area (Å²) in [7, 11) is 0. The van der Waals surface area contributed by atoms with Crippen LogP contribution in [0.15, 0.2) is 24.5 Å². The fourth-order valence-electron chi connectivity index (χ4n) is 2.89. The standard InChI is InChI=1S/C18H18FN3O2S/c1-10-11(2)25-18-16(10)17(20-9-21-18)22-14-7-12(19)3-4-15(14)24-13-5-6-23-8-13/h3-4,7,9,13H,5-6,8H2,1-2H3,(H,20,21,22). The Morgan fingerprint density at radius 1 is 1.32 bits per heavy atom. The number of nitrogens with zero attached hydrogens (tertiary/aromatic N) is 2. The van der Waals surface area contributed by atoms with Gasteiger partial charge in [0.15, 0.2) is 0 Å². The van der Waals surface area contributed by atoms with Crippen LogP contribution in [0.1, 0.15) is 16.9 Å². The molecule has 0 spiro atoms. The topological polar surface area (TPSA) is 56.3 Å². The van der Waals surface area contributed by atoms with Gasteiger partial charge in [0.2, 0.25) is 0 Å². The average Bonchev–Trinajstić information content (AvgIpc) is 3.19. The highest BCUT2D eigenvalue weighted by atomic mass is 32.1. The van der Waals surface area contributed by atoms with Crippen LogP contribution >= 0.6 is 11.3 Å². The van der Waals surface area contributed by atoms with Gasteiger partial charge in [-0.15, -0.1) is 11.3 Å². The average molecular weight is 359 g/mol. The summed E-state index contributed by atoms with van der Waals surface area (Å²) in [5, 5.41) is 4.20. The molecule has 3 aromatic rings. The monoisotopic (exact) mass is 359 g/mol. The molecule has 1 aliphatic rings. The Balaban J connectivity index is 1.72. The van der Waals surface area contributed by atoms with Gasteiger partial charge in [0, 0.05) is 17.4 Å². The molecule has 2 aromatic heterocycles. The molecule has 1 N–H and O–H groups in total. The maximum absolute atomic E-state index is 13.8. The van der Waals surface area contributed by atoms with Crippen LogP contribution in [0, 0.1) is 19.7 Å². The summed E-state index contributed by atoms with van der Waals surface area (Å²) in [5.41, 5.74) is 1.68. The Labute approximate surface area is 148 Å². The zero-order chi connectivity index (χ0) is 17.4. The molecule has 7 heteroatoms. The molecule has 0 aliphatic carbocycles. The molecule has 0 amide bonds. The first-order chi connectivity index (χ1) is 12.1. The molecule has 1 saturated heterocycles. The molecule has 130 valence electrons. The lowest BCUT2D eigenvalue weighted by Gasteiger charge is -2.17. The molecule has 1 atom stereocenters. The van der Waals surface area contributed by atoms with E-state index < -0.39 is 0 Å². The van der Waals surface area contributed by atoms with Gasteiger partial charge in [0.1, 0.15) is 34.6 Å². The number of fused-ring (bicyclic) bond motifs is 1. The van der Waals surface area contributed by atoms with Gasteiger partial charge < -0.3 is 14.8 Å². The molecule has 1 fully saturated rings. The number of ether oxygens (including phenoxy) is 2. The first-order valence-electron chi connectivity index (χ1n) is 8.13. The van der Waals surface area contributed by atoms with Gasteiger partial charge >= 0.3 is 0 Å². The van der Waals surface area contributed by atoms with E-state index in [1.54, 1.807) is 17.4 Å². The molecule has 1 aliphatic heterocycles. The van der Waals surface area contributed by atoms with Crippen molar-refractivity contribution in [3.63, 3.8) is 0 Å². The molecule has 3 heterocycles. The van der Waals surface area contributed by atoms with E-state index in [2.05, 4.69) is 22.2 Å². The fourth-order valence-corrected chi connectivity index (χ4v) is 3.89. The number of nitrogens with one attached hydrogen (secondary N) is 1. The van der Waals surface area contributed by atoms with Crippen LogP contribution in [-0.2, 0) is 4.74 Å². The highest BCUT2D eigenvalue weighted by molar-refractivity contribution is 7.18. The summed E-state index contributed by atoms with van der Waals surface area (Å²) in [6.45, 7) is 5.34. The quantitative estimate of drug-likeness (QED) is 0.750. The van der Waals surface area contributed by atoms with Crippen LogP contribution in [-0.4, -0.2) is 29.3 Å². The first-order valence-corrected chi connectivity index (χ1v) is 8.95. The number of halogens is 1. The van der Waals surface area contributed by atoms with E-state index in [1.807, 2.05) is 6.92 Å². The van der Waals surface area contributed by atoms with Gasteiger partial charge in [-0.3, -0.25) is 0 Å². The lowest BCUT2D eigenvalue weighted by Crippen LogP contribution is -2.16. The van der Waals surface area contributed by atoms with Crippen LogP contribution in [0.4, 0.5) is 15.9 Å². The van der Waals surface area contributed by atoms with Crippen molar-refractivity contribution in [1.82, 2.24) is 9.97 Å². The van der Waals surface area contributed by atoms with Gasteiger partial charge in [-0.1, -0.05) is 0 Å². The van der Waals surface area contributed by atoms with Crippen molar-refractivity contribution in [2.75, 3.05) is 18.5 Å². The minimum Gasteiger partial charge on any atom is -0.486 e. The smallest absolute Gasteiger partial charge is 0.143 e. The van der Waals surface area contributed by atoms with Gasteiger partial charge in [0.25, 0.3) is 0 Å². The van der Waals surface area contributed by atoms with Crippen molar-refractivity contribution in [1.29, 1.82) is 0 Å². The number of hydrogen-bond acceptors (Lipinski definition) is 6. The van der Waals surface area contributed by atoms with Crippen molar-refractivity contribution < 1.29 is 13.9 Å². The van der Waals surface area contributed by atoms with Gasteiger partial charge in [-0.2, -0.15) is 0 Å². The van der Waals surface area contributed by atoms with Crippen LogP contribution in [0.5, 0.6) is 5.75 Å². The fraction of sp³-hybridized carbons (Fsp3) is 0.333. The Bertz CT molecular complexity index is 922. The maximum atomic E-state index is 13.8. The normalized spacial score (nSPS) is 17.2. The maximum Gasteiger partial charge on any atom is 0.143 e. The molecule has 5 nitrogen and oxygen atoms in total. The van der Waals surface area contributed by atoms with Crippen molar-refractivity contribution >= 4 is 33.1 Å². The molecule has 1 unspecified atom stereocenters. The van der Waals surface area contributed by atoms with Crippen LogP contribution in [0.2, 0.25) is 0 Å². The summed E-state index contributed by atoms with van der Waals surface area (Å²) >= 11 is 1.62. The van der Waals surface area contributed by atoms with Crippen molar-refractivity contribution in [2.24, 2.45) is 0 Å². The minimum atomic E-state index is -0.332. The molecule has 4 rings (SSSR count). The summed E-state index contributed by atoms with van der Waals surface area (Å²) in [6, 6.07) is 4.46. The van der Waals surface area contributed by atoms with E-state index in [9.17, 15) is 4.39 Å². The van der Waals surface area contributed by atoms with E-state index in [-0.39, 0.29) is 11.9 Å². The van der Waals surface area contributed by atoms with E-state index >= 15 is 0 Å². The molecular weight excluding hydrogens is 341 g/mol. The Kier molecular flexibility index (Phi) is 4.27. The Hall–Kier alpha value is -2.25. The van der Waals surface area contributed by atoms with E-state index in [1.165, 1.54) is 23.3 Å². The highest BCUT2D eigenvalue weighted by Crippen LogP contribution is 2.36. The van der Waals surface area contributed by atoms with Crippen LogP contribution < -0.4 is 10.1 Å². The van der Waals surface area contributed by atoms with Crippen LogP contribution in [0.3, 0.4) is 0 Å². The SMILES string of the molecule is Cc1sc2ncnc(Nc3cc(F)ccc3OC3CCOC3)c2c1C. The molecule has 0 radical (unpaired) electrons. The Morgan fingerprint density at radius 3 is 3.00 bits per heavy atom. The predicted octanol–water partition coefficient (Wildman–Crippen LogP) is 4.36. The summed E-state index contributed by atoms with van der Waals surface area (Å²) in [6.07, 6.45) is 2.34. The third kappa shape index (κ3) is 3.17. The zero-order valence-electron chi connectivity index (χ0n) is 14.0. The largest absolute Gasteiger partial charge is 0.486 e. The van der Waals surface area contributed by atoms with Crippen molar-refractivity contribution in [3.8, 4) is 5.75 Å². The summed E-state index contributed by atoms with van der Waals surface area (Å²) in [4.78, 5) is 10.8. The second kappa shape index (κ2) is 6.57. The number of thiophene rings is 1. The number of rotatable bonds is 4. The second-order valence-electron chi connectivity index (χ2n) is 6.05.